The molecule has 2 aromatic carbocycles. The minimum absolute atomic E-state index is 0.0692. The van der Waals surface area contributed by atoms with E-state index in [2.05, 4.69) is 75.2 Å². The van der Waals surface area contributed by atoms with Crippen molar-refractivity contribution in [3.05, 3.63) is 64.7 Å². The Balaban J connectivity index is 2.04. The molecule has 0 fully saturated rings. The van der Waals surface area contributed by atoms with E-state index in [1.165, 1.54) is 27.9 Å². The highest BCUT2D eigenvalue weighted by molar-refractivity contribution is 5.71. The number of anilines is 1. The molecule has 2 atom stereocenters. The average molecular weight is 263 g/mol. The zero-order valence-electron chi connectivity index (χ0n) is 12.7. The smallest absolute Gasteiger partial charge is 0.0722 e. The lowest BCUT2D eigenvalue weighted by Gasteiger charge is -2.41. The van der Waals surface area contributed by atoms with Crippen LogP contribution in [0.1, 0.15) is 36.1 Å². The summed E-state index contributed by atoms with van der Waals surface area (Å²) in [5.41, 5.74) is 7.52. The number of aryl methyl sites for hydroxylation is 1. The Kier molecular flexibility index (Phi) is 2.08. The summed E-state index contributed by atoms with van der Waals surface area (Å²) in [7, 11) is 2.25. The molecule has 0 unspecified atom stereocenters. The standard InChI is InChI=1S/C19H21N/c1-13-9-10-17-16(11-13)18(2)12-14-7-5-6-8-15(14)19(18,3)20(17)4/h5-11H,12H2,1-4H3/t18-,19-/m0/s1. The summed E-state index contributed by atoms with van der Waals surface area (Å²) in [5.74, 6) is 0. The van der Waals surface area contributed by atoms with Crippen LogP contribution in [0.25, 0.3) is 0 Å². The summed E-state index contributed by atoms with van der Waals surface area (Å²) in [6.07, 6.45) is 1.14. The van der Waals surface area contributed by atoms with Gasteiger partial charge < -0.3 is 4.90 Å². The summed E-state index contributed by atoms with van der Waals surface area (Å²) < 4.78 is 0. The predicted molar refractivity (Wildman–Crippen MR) is 84.4 cm³/mol. The van der Waals surface area contributed by atoms with Crippen molar-refractivity contribution in [3.63, 3.8) is 0 Å². The van der Waals surface area contributed by atoms with Crippen molar-refractivity contribution in [2.45, 2.75) is 38.1 Å². The minimum Gasteiger partial charge on any atom is -0.364 e. The van der Waals surface area contributed by atoms with Gasteiger partial charge in [0.2, 0.25) is 0 Å². The third-order valence-electron chi connectivity index (χ3n) is 5.94. The second-order valence-electron chi connectivity index (χ2n) is 6.82. The Morgan fingerprint density at radius 3 is 2.55 bits per heavy atom. The summed E-state index contributed by atoms with van der Waals surface area (Å²) >= 11 is 0. The number of rotatable bonds is 0. The number of hydrogen-bond donors (Lipinski definition) is 0. The maximum Gasteiger partial charge on any atom is 0.0722 e. The summed E-state index contributed by atoms with van der Waals surface area (Å²) in [6, 6.07) is 15.9. The van der Waals surface area contributed by atoms with Crippen molar-refractivity contribution in [3.8, 4) is 0 Å². The maximum atomic E-state index is 2.49. The molecule has 4 rings (SSSR count). The normalized spacial score (nSPS) is 30.1. The maximum absolute atomic E-state index is 2.49. The second-order valence-corrected chi connectivity index (χ2v) is 6.82. The van der Waals surface area contributed by atoms with Gasteiger partial charge in [-0.25, -0.2) is 0 Å². The van der Waals surface area contributed by atoms with Crippen molar-refractivity contribution in [1.82, 2.24) is 0 Å². The van der Waals surface area contributed by atoms with E-state index in [9.17, 15) is 0 Å². The van der Waals surface area contributed by atoms with Gasteiger partial charge in [0.25, 0.3) is 0 Å². The quantitative estimate of drug-likeness (QED) is 0.689. The predicted octanol–water partition coefficient (Wildman–Crippen LogP) is 4.17. The molecule has 0 radical (unpaired) electrons. The first-order valence-corrected chi connectivity index (χ1v) is 7.42. The molecule has 1 heteroatoms. The van der Waals surface area contributed by atoms with Gasteiger partial charge in [0, 0.05) is 18.2 Å². The fraction of sp³-hybridized carbons (Fsp3) is 0.368. The lowest BCUT2D eigenvalue weighted by molar-refractivity contribution is 0.305. The van der Waals surface area contributed by atoms with Gasteiger partial charge in [0.15, 0.2) is 0 Å². The Hall–Kier alpha value is -1.76. The van der Waals surface area contributed by atoms with Crippen LogP contribution in [0.2, 0.25) is 0 Å². The monoisotopic (exact) mass is 263 g/mol. The van der Waals surface area contributed by atoms with Crippen LogP contribution < -0.4 is 4.90 Å². The van der Waals surface area contributed by atoms with E-state index in [0.717, 1.165) is 6.42 Å². The highest BCUT2D eigenvalue weighted by Crippen LogP contribution is 2.61. The molecule has 0 N–H and O–H groups in total. The molecule has 1 nitrogen and oxygen atoms in total. The van der Waals surface area contributed by atoms with Crippen LogP contribution in [0.5, 0.6) is 0 Å². The Morgan fingerprint density at radius 2 is 1.75 bits per heavy atom. The van der Waals surface area contributed by atoms with Gasteiger partial charge in [0.05, 0.1) is 5.54 Å². The fourth-order valence-electron chi connectivity index (χ4n) is 4.53. The van der Waals surface area contributed by atoms with Gasteiger partial charge >= 0.3 is 0 Å². The van der Waals surface area contributed by atoms with Crippen LogP contribution >= 0.6 is 0 Å². The van der Waals surface area contributed by atoms with Gasteiger partial charge in [-0.2, -0.15) is 0 Å². The highest BCUT2D eigenvalue weighted by atomic mass is 15.2. The number of likely N-dealkylation sites (N-methyl/N-ethyl adjacent to an activating group) is 1. The third-order valence-corrected chi connectivity index (χ3v) is 5.94. The molecule has 0 amide bonds. The first-order chi connectivity index (χ1) is 9.48. The topological polar surface area (TPSA) is 3.24 Å². The van der Waals surface area contributed by atoms with E-state index < -0.39 is 0 Å². The van der Waals surface area contributed by atoms with Gasteiger partial charge in [-0.05, 0) is 43.0 Å². The zero-order valence-corrected chi connectivity index (χ0v) is 12.7. The molecule has 1 aliphatic heterocycles. The molecule has 0 spiro atoms. The number of nitrogens with zero attached hydrogens (tertiary/aromatic N) is 1. The summed E-state index contributed by atoms with van der Waals surface area (Å²) in [6.45, 7) is 7.05. The van der Waals surface area contributed by atoms with Gasteiger partial charge in [-0.3, -0.25) is 0 Å². The van der Waals surface area contributed by atoms with Gasteiger partial charge in [-0.1, -0.05) is 48.9 Å². The third kappa shape index (κ3) is 1.11. The van der Waals surface area contributed by atoms with E-state index in [1.54, 1.807) is 0 Å². The van der Waals surface area contributed by atoms with E-state index in [1.807, 2.05) is 0 Å². The molecule has 2 aromatic rings. The molecule has 2 aliphatic rings. The minimum atomic E-state index is 0.0692. The van der Waals surface area contributed by atoms with Crippen LogP contribution in [-0.2, 0) is 17.4 Å². The molecule has 1 heterocycles. The van der Waals surface area contributed by atoms with E-state index in [4.69, 9.17) is 0 Å². The zero-order chi connectivity index (χ0) is 14.1. The fourth-order valence-corrected chi connectivity index (χ4v) is 4.53. The van der Waals surface area contributed by atoms with Crippen molar-refractivity contribution < 1.29 is 0 Å². The SMILES string of the molecule is Cc1ccc2c(c1)[C@]1(C)Cc3ccccc3[C@]1(C)N2C. The molecule has 0 bridgehead atoms. The van der Waals surface area contributed by atoms with Crippen LogP contribution in [0.15, 0.2) is 42.5 Å². The van der Waals surface area contributed by atoms with Crippen LogP contribution in [0.3, 0.4) is 0 Å². The van der Waals surface area contributed by atoms with Gasteiger partial charge in [-0.15, -0.1) is 0 Å². The van der Waals surface area contributed by atoms with Gasteiger partial charge in [0.1, 0.15) is 0 Å². The second kappa shape index (κ2) is 3.46. The Bertz CT molecular complexity index is 717. The Labute approximate surface area is 121 Å². The van der Waals surface area contributed by atoms with Crippen molar-refractivity contribution in [2.75, 3.05) is 11.9 Å². The van der Waals surface area contributed by atoms with Crippen molar-refractivity contribution in [2.24, 2.45) is 0 Å². The van der Waals surface area contributed by atoms with Crippen LogP contribution in [-0.4, -0.2) is 7.05 Å². The lowest BCUT2D eigenvalue weighted by atomic mass is 9.70. The molecule has 0 saturated heterocycles. The van der Waals surface area contributed by atoms with Crippen molar-refractivity contribution >= 4 is 5.69 Å². The van der Waals surface area contributed by atoms with E-state index >= 15 is 0 Å². The van der Waals surface area contributed by atoms with E-state index in [-0.39, 0.29) is 11.0 Å². The van der Waals surface area contributed by atoms with Crippen molar-refractivity contribution in [1.29, 1.82) is 0 Å². The molecule has 0 saturated carbocycles. The highest BCUT2D eigenvalue weighted by Gasteiger charge is 2.60. The molecular weight excluding hydrogens is 242 g/mol. The molecule has 0 aromatic heterocycles. The summed E-state index contributed by atoms with van der Waals surface area (Å²) in [4.78, 5) is 2.49. The first-order valence-electron chi connectivity index (χ1n) is 7.42. The summed E-state index contributed by atoms with van der Waals surface area (Å²) in [5, 5.41) is 0. The first kappa shape index (κ1) is 12.0. The molecule has 1 aliphatic carbocycles. The van der Waals surface area contributed by atoms with Crippen LogP contribution in [0.4, 0.5) is 5.69 Å². The number of benzene rings is 2. The molecule has 20 heavy (non-hydrogen) atoms. The largest absolute Gasteiger partial charge is 0.364 e. The molecule has 102 valence electrons. The molecular formula is C19H21N. The average Bonchev–Trinajstić information content (AvgIpc) is 2.76. The Morgan fingerprint density at radius 1 is 1.00 bits per heavy atom. The number of hydrogen-bond acceptors (Lipinski definition) is 1. The van der Waals surface area contributed by atoms with Crippen LogP contribution in [0, 0.1) is 6.92 Å². The lowest BCUT2D eigenvalue weighted by Crippen LogP contribution is -2.47. The van der Waals surface area contributed by atoms with E-state index in [0.29, 0.717) is 0 Å². The number of fused-ring (bicyclic) bond motifs is 5.